The van der Waals surface area contributed by atoms with Gasteiger partial charge >= 0.3 is 0 Å². The molecule has 0 aliphatic carbocycles. The number of nitrogens with zero attached hydrogens (tertiary/aromatic N) is 4. The maximum absolute atomic E-state index is 12.3. The van der Waals surface area contributed by atoms with Gasteiger partial charge in [0.1, 0.15) is 35.8 Å². The van der Waals surface area contributed by atoms with E-state index in [9.17, 15) is 9.90 Å². The van der Waals surface area contributed by atoms with Gasteiger partial charge < -0.3 is 29.4 Å². The average Bonchev–Trinajstić information content (AvgIpc) is 3.69. The smallest absolute Gasteiger partial charge is 0.228 e. The van der Waals surface area contributed by atoms with Crippen LogP contribution in [0.15, 0.2) is 91.5 Å². The van der Waals surface area contributed by atoms with Crippen molar-refractivity contribution in [2.75, 3.05) is 26.1 Å². The monoisotopic (exact) mass is 623 g/mol. The fourth-order valence-corrected chi connectivity index (χ4v) is 5.73. The number of rotatable bonds is 11. The molecule has 11 heteroatoms. The molecule has 1 aliphatic heterocycles. The van der Waals surface area contributed by atoms with Gasteiger partial charge in [0.25, 0.3) is 0 Å². The van der Waals surface area contributed by atoms with E-state index in [2.05, 4.69) is 20.3 Å². The zero-order valence-electron chi connectivity index (χ0n) is 26.2. The van der Waals surface area contributed by atoms with Crippen molar-refractivity contribution in [3.8, 4) is 11.5 Å². The molecule has 0 saturated carbocycles. The number of ether oxygens (including phenoxy) is 4. The van der Waals surface area contributed by atoms with E-state index < -0.39 is 24.0 Å². The number of carbonyl (C=O) groups is 1. The van der Waals surface area contributed by atoms with Crippen molar-refractivity contribution in [1.29, 1.82) is 0 Å². The number of aromatic nitrogens is 4. The number of nitrogens with one attached hydrogen (secondary N) is 1. The lowest BCUT2D eigenvalue weighted by molar-refractivity contribution is -0.118. The Morgan fingerprint density at radius 2 is 1.54 bits per heavy atom. The number of methoxy groups -OCH3 is 2. The minimum absolute atomic E-state index is 0.0714. The minimum Gasteiger partial charge on any atom is -0.497 e. The Hall–Kier alpha value is -4.84. The molecule has 46 heavy (non-hydrogen) atoms. The molecule has 11 nitrogen and oxygen atoms in total. The Labute approximate surface area is 267 Å². The van der Waals surface area contributed by atoms with E-state index in [0.29, 0.717) is 23.4 Å². The largest absolute Gasteiger partial charge is 0.497 e. The molecule has 1 amide bonds. The summed E-state index contributed by atoms with van der Waals surface area (Å²) in [7, 11) is 3.26. The van der Waals surface area contributed by atoms with Crippen LogP contribution in [0.2, 0.25) is 0 Å². The summed E-state index contributed by atoms with van der Waals surface area (Å²) < 4.78 is 26.0. The number of aliphatic hydroxyl groups excluding tert-OH is 1. The van der Waals surface area contributed by atoms with E-state index in [4.69, 9.17) is 18.9 Å². The zero-order valence-corrected chi connectivity index (χ0v) is 26.2. The standard InChI is InChI=1S/C35H37N5O6/c1-22(2)34(42)39-32-31-33(37-20-36-32)40(21-38-31)30-18-28(41)29(46-30)19-45-35(23-8-6-5-7-9-23,24-10-14-26(43-3)15-11-24)25-12-16-27(44-4)17-13-25/h5-17,20-22,28-30,41H,18-19H2,1-4H3,(H,36,37,39,42). The highest BCUT2D eigenvalue weighted by atomic mass is 16.6. The van der Waals surface area contributed by atoms with Crippen molar-refractivity contribution >= 4 is 22.9 Å². The Kier molecular flexibility index (Phi) is 8.98. The molecule has 5 aromatic rings. The molecular formula is C35H37N5O6. The van der Waals surface area contributed by atoms with Crippen LogP contribution in [0.4, 0.5) is 5.82 Å². The average molecular weight is 624 g/mol. The number of aliphatic hydroxyl groups is 1. The first-order chi connectivity index (χ1) is 22.3. The van der Waals surface area contributed by atoms with Gasteiger partial charge in [-0.25, -0.2) is 15.0 Å². The molecule has 3 atom stereocenters. The summed E-state index contributed by atoms with van der Waals surface area (Å²) in [4.78, 5) is 25.4. The van der Waals surface area contributed by atoms with E-state index in [0.717, 1.165) is 28.2 Å². The normalized spacial score (nSPS) is 18.2. The molecule has 1 fully saturated rings. The lowest BCUT2D eigenvalue weighted by atomic mass is 9.80. The van der Waals surface area contributed by atoms with Crippen LogP contribution in [0.25, 0.3) is 11.2 Å². The quantitative estimate of drug-likeness (QED) is 0.193. The van der Waals surface area contributed by atoms with Crippen LogP contribution in [0.5, 0.6) is 11.5 Å². The highest BCUT2D eigenvalue weighted by Gasteiger charge is 2.42. The summed E-state index contributed by atoms with van der Waals surface area (Å²) in [6.07, 6.45) is 1.20. The molecule has 0 bridgehead atoms. The second-order valence-electron chi connectivity index (χ2n) is 11.4. The third-order valence-corrected chi connectivity index (χ3v) is 8.28. The Bertz CT molecular complexity index is 1730. The van der Waals surface area contributed by atoms with Gasteiger partial charge in [-0.05, 0) is 41.0 Å². The fraction of sp³-hybridized carbons (Fsp3) is 0.314. The molecule has 3 heterocycles. The van der Waals surface area contributed by atoms with Crippen LogP contribution in [0.1, 0.15) is 43.2 Å². The van der Waals surface area contributed by atoms with E-state index in [1.807, 2.05) is 78.9 Å². The van der Waals surface area contributed by atoms with Crippen molar-refractivity contribution in [2.45, 2.75) is 44.3 Å². The summed E-state index contributed by atoms with van der Waals surface area (Å²) in [5.41, 5.74) is 2.53. The molecular weight excluding hydrogens is 586 g/mol. The first-order valence-electron chi connectivity index (χ1n) is 15.1. The Balaban J connectivity index is 1.32. The lowest BCUT2D eigenvalue weighted by Gasteiger charge is -2.37. The van der Waals surface area contributed by atoms with E-state index >= 15 is 0 Å². The summed E-state index contributed by atoms with van der Waals surface area (Å²) in [5.74, 6) is 1.38. The summed E-state index contributed by atoms with van der Waals surface area (Å²) >= 11 is 0. The third kappa shape index (κ3) is 5.92. The van der Waals surface area contributed by atoms with E-state index in [1.54, 1.807) is 39.0 Å². The van der Waals surface area contributed by atoms with Crippen LogP contribution >= 0.6 is 0 Å². The topological polar surface area (TPSA) is 130 Å². The molecule has 0 spiro atoms. The number of hydrogen-bond acceptors (Lipinski definition) is 9. The number of anilines is 1. The van der Waals surface area contributed by atoms with Crippen molar-refractivity contribution in [3.63, 3.8) is 0 Å². The van der Waals surface area contributed by atoms with Crippen molar-refractivity contribution < 1.29 is 28.8 Å². The first kappa shape index (κ1) is 31.2. The maximum Gasteiger partial charge on any atom is 0.228 e. The third-order valence-electron chi connectivity index (χ3n) is 8.28. The molecule has 0 radical (unpaired) electrons. The highest BCUT2D eigenvalue weighted by molar-refractivity contribution is 5.97. The van der Waals surface area contributed by atoms with Gasteiger partial charge in [0.15, 0.2) is 17.0 Å². The van der Waals surface area contributed by atoms with E-state index in [1.165, 1.54) is 6.33 Å². The highest BCUT2D eigenvalue weighted by Crippen LogP contribution is 2.43. The molecule has 3 unspecified atom stereocenters. The van der Waals surface area contributed by atoms with Crippen molar-refractivity contribution in [1.82, 2.24) is 19.5 Å². The number of benzene rings is 3. The number of fused-ring (bicyclic) bond motifs is 1. The summed E-state index contributed by atoms with van der Waals surface area (Å²) in [5, 5.41) is 14.1. The first-order valence-corrected chi connectivity index (χ1v) is 15.1. The van der Waals surface area contributed by atoms with Gasteiger partial charge in [-0.2, -0.15) is 0 Å². The fourth-order valence-electron chi connectivity index (χ4n) is 5.73. The van der Waals surface area contributed by atoms with Gasteiger partial charge in [-0.3, -0.25) is 9.36 Å². The van der Waals surface area contributed by atoms with Crippen LogP contribution in [-0.4, -0.2) is 63.6 Å². The van der Waals surface area contributed by atoms with Crippen LogP contribution in [0.3, 0.4) is 0 Å². The zero-order chi connectivity index (χ0) is 32.3. The second kappa shape index (κ2) is 13.3. The van der Waals surface area contributed by atoms with Gasteiger partial charge in [0.2, 0.25) is 5.91 Å². The van der Waals surface area contributed by atoms with Crippen LogP contribution < -0.4 is 14.8 Å². The van der Waals surface area contributed by atoms with Gasteiger partial charge in [0, 0.05) is 12.3 Å². The van der Waals surface area contributed by atoms with Gasteiger partial charge in [-0.15, -0.1) is 0 Å². The van der Waals surface area contributed by atoms with Crippen LogP contribution in [-0.2, 0) is 19.9 Å². The van der Waals surface area contributed by atoms with Crippen molar-refractivity contribution in [3.05, 3.63) is 108 Å². The SMILES string of the molecule is COc1ccc(C(OCC2OC(n3cnc4c(NC(=O)C(C)C)ncnc43)CC2O)(c2ccccc2)c2ccc(OC)cc2)cc1. The van der Waals surface area contributed by atoms with Gasteiger partial charge in [-0.1, -0.05) is 68.4 Å². The number of carbonyl (C=O) groups excluding carboxylic acids is 1. The molecule has 6 rings (SSSR count). The maximum atomic E-state index is 12.3. The Morgan fingerprint density at radius 1 is 0.935 bits per heavy atom. The van der Waals surface area contributed by atoms with Gasteiger partial charge in [0.05, 0.1) is 33.3 Å². The predicted molar refractivity (Wildman–Crippen MR) is 172 cm³/mol. The molecule has 1 saturated heterocycles. The number of amides is 1. The predicted octanol–water partition coefficient (Wildman–Crippen LogP) is 5.10. The molecule has 1 aliphatic rings. The molecule has 238 valence electrons. The van der Waals surface area contributed by atoms with Crippen molar-refractivity contribution in [2.24, 2.45) is 5.92 Å². The molecule has 2 N–H and O–H groups in total. The lowest BCUT2D eigenvalue weighted by Crippen LogP contribution is -2.38. The molecule has 3 aromatic carbocycles. The summed E-state index contributed by atoms with van der Waals surface area (Å²) in [6.45, 7) is 3.68. The minimum atomic E-state index is -1.06. The Morgan fingerprint density at radius 3 is 2.13 bits per heavy atom. The molecule has 2 aromatic heterocycles. The van der Waals surface area contributed by atoms with E-state index in [-0.39, 0.29) is 18.4 Å². The number of hydrogen-bond donors (Lipinski definition) is 2. The number of imidazole rings is 1. The summed E-state index contributed by atoms with van der Waals surface area (Å²) in [6, 6.07) is 25.5. The van der Waals surface area contributed by atoms with Crippen LogP contribution in [0, 0.1) is 5.92 Å². The second-order valence-corrected chi connectivity index (χ2v) is 11.4.